The summed E-state index contributed by atoms with van der Waals surface area (Å²) in [6.07, 6.45) is 0.0512. The molecule has 144 valence electrons. The molecule has 0 aliphatic heterocycles. The van der Waals surface area contributed by atoms with Crippen LogP contribution in [0.15, 0.2) is 29.2 Å². The molecule has 0 aliphatic carbocycles. The number of halogens is 1. The molecule has 0 aliphatic rings. The molecule has 0 spiro atoms. The van der Waals surface area contributed by atoms with Gasteiger partial charge in [-0.2, -0.15) is 0 Å². The number of aromatic nitrogens is 1. The van der Waals surface area contributed by atoms with E-state index in [2.05, 4.69) is 10.3 Å². The third-order valence-corrected chi connectivity index (χ3v) is 4.19. The van der Waals surface area contributed by atoms with E-state index in [1.807, 2.05) is 0 Å². The van der Waals surface area contributed by atoms with Crippen LogP contribution in [-0.4, -0.2) is 37.2 Å². The van der Waals surface area contributed by atoms with Gasteiger partial charge in [-0.15, -0.1) is 0 Å². The van der Waals surface area contributed by atoms with Crippen LogP contribution in [0.3, 0.4) is 0 Å². The highest BCUT2D eigenvalue weighted by molar-refractivity contribution is 6.31. The second-order valence-electron chi connectivity index (χ2n) is 5.58. The van der Waals surface area contributed by atoms with Crippen LogP contribution in [-0.2, 0) is 9.53 Å². The van der Waals surface area contributed by atoms with Crippen molar-refractivity contribution in [3.63, 3.8) is 0 Å². The maximum atomic E-state index is 12.3. The number of aromatic amines is 1. The van der Waals surface area contributed by atoms with Gasteiger partial charge in [0.2, 0.25) is 5.43 Å². The fourth-order valence-corrected chi connectivity index (χ4v) is 2.34. The molecule has 1 aromatic carbocycles. The number of nitrogens with one attached hydrogen (secondary N) is 2. The molecule has 0 bridgehead atoms. The molecule has 0 saturated carbocycles. The molecular weight excluding hydrogens is 376 g/mol. The van der Waals surface area contributed by atoms with Crippen LogP contribution in [0.5, 0.6) is 11.5 Å². The zero-order valence-electron chi connectivity index (χ0n) is 15.2. The molecule has 2 rings (SSSR count). The molecule has 1 unspecified atom stereocenters. The number of H-pyrrole nitrogens is 1. The largest absolute Gasteiger partial charge is 0.493 e. The van der Waals surface area contributed by atoms with Crippen molar-refractivity contribution >= 4 is 29.2 Å². The summed E-state index contributed by atoms with van der Waals surface area (Å²) in [4.78, 5) is 39.2. The van der Waals surface area contributed by atoms with Crippen molar-refractivity contribution in [2.24, 2.45) is 0 Å². The van der Waals surface area contributed by atoms with E-state index in [0.717, 1.165) is 0 Å². The van der Waals surface area contributed by atoms with E-state index in [-0.39, 0.29) is 10.6 Å². The highest BCUT2D eigenvalue weighted by Gasteiger charge is 2.22. The molecule has 1 atom stereocenters. The lowest BCUT2D eigenvalue weighted by molar-refractivity contribution is -0.123. The Bertz CT molecular complexity index is 925. The second-order valence-corrected chi connectivity index (χ2v) is 5.95. The van der Waals surface area contributed by atoms with Crippen molar-refractivity contribution in [3.05, 3.63) is 50.9 Å². The lowest BCUT2D eigenvalue weighted by atomic mass is 10.2. The molecule has 0 fully saturated rings. The molecule has 9 heteroatoms. The average Bonchev–Trinajstić information content (AvgIpc) is 2.65. The standard InChI is InChI=1S/C18H19ClN2O6/c1-9-15(19)16(22)12(8-20-9)18(24)27-10(2)17(23)21-11-5-6-13(25-3)14(7-11)26-4/h5-8,10H,1-4H3,(H,20,22)(H,21,23). The summed E-state index contributed by atoms with van der Waals surface area (Å²) in [5.41, 5.74) is -0.0870. The predicted molar refractivity (Wildman–Crippen MR) is 99.9 cm³/mol. The third-order valence-electron chi connectivity index (χ3n) is 3.73. The molecule has 2 N–H and O–H groups in total. The Hall–Kier alpha value is -3.00. The van der Waals surface area contributed by atoms with Crippen molar-refractivity contribution < 1.29 is 23.8 Å². The van der Waals surface area contributed by atoms with Crippen molar-refractivity contribution in [2.45, 2.75) is 20.0 Å². The topological polar surface area (TPSA) is 107 Å². The van der Waals surface area contributed by atoms with E-state index >= 15 is 0 Å². The molecule has 0 saturated heterocycles. The summed E-state index contributed by atoms with van der Waals surface area (Å²) in [6.45, 7) is 2.98. The number of hydrogen-bond donors (Lipinski definition) is 2. The molecule has 27 heavy (non-hydrogen) atoms. The van der Waals surface area contributed by atoms with Crippen LogP contribution >= 0.6 is 11.6 Å². The van der Waals surface area contributed by atoms with E-state index in [9.17, 15) is 14.4 Å². The number of rotatable bonds is 6. The summed E-state index contributed by atoms with van der Waals surface area (Å²) < 4.78 is 15.3. The molecule has 2 aromatic rings. The summed E-state index contributed by atoms with van der Waals surface area (Å²) in [5.74, 6) is -0.593. The van der Waals surface area contributed by atoms with Crippen molar-refractivity contribution in [1.82, 2.24) is 4.98 Å². The van der Waals surface area contributed by atoms with Crippen LogP contribution in [0.4, 0.5) is 5.69 Å². The lowest BCUT2D eigenvalue weighted by Gasteiger charge is -2.15. The fourth-order valence-electron chi connectivity index (χ4n) is 2.18. The van der Waals surface area contributed by atoms with Gasteiger partial charge in [-0.25, -0.2) is 4.79 Å². The van der Waals surface area contributed by atoms with Crippen LogP contribution in [0.25, 0.3) is 0 Å². The lowest BCUT2D eigenvalue weighted by Crippen LogP contribution is -2.31. The van der Waals surface area contributed by atoms with E-state index in [1.165, 1.54) is 27.3 Å². The van der Waals surface area contributed by atoms with E-state index in [0.29, 0.717) is 22.9 Å². The minimum absolute atomic E-state index is 0.105. The summed E-state index contributed by atoms with van der Waals surface area (Å²) in [6, 6.07) is 4.80. The molecule has 8 nitrogen and oxygen atoms in total. The van der Waals surface area contributed by atoms with Crippen LogP contribution in [0.2, 0.25) is 5.02 Å². The number of amides is 1. The number of anilines is 1. The third kappa shape index (κ3) is 4.59. The first-order valence-corrected chi connectivity index (χ1v) is 8.28. The zero-order chi connectivity index (χ0) is 20.1. The number of benzene rings is 1. The first kappa shape index (κ1) is 20.3. The van der Waals surface area contributed by atoms with Gasteiger partial charge < -0.3 is 24.5 Å². The summed E-state index contributed by atoms with van der Waals surface area (Å²) >= 11 is 5.83. The van der Waals surface area contributed by atoms with Gasteiger partial charge in [0.1, 0.15) is 10.6 Å². The quantitative estimate of drug-likeness (QED) is 0.729. The Morgan fingerprint density at radius 1 is 1.19 bits per heavy atom. The highest BCUT2D eigenvalue weighted by Crippen LogP contribution is 2.29. The van der Waals surface area contributed by atoms with Gasteiger partial charge in [-0.05, 0) is 26.0 Å². The van der Waals surface area contributed by atoms with Gasteiger partial charge in [0.05, 0.1) is 14.2 Å². The number of ether oxygens (including phenoxy) is 3. The van der Waals surface area contributed by atoms with E-state index < -0.39 is 23.4 Å². The molecule has 0 radical (unpaired) electrons. The zero-order valence-corrected chi connectivity index (χ0v) is 16.0. The first-order chi connectivity index (χ1) is 12.8. The summed E-state index contributed by atoms with van der Waals surface area (Å²) in [5, 5.41) is 2.49. The van der Waals surface area contributed by atoms with Gasteiger partial charge in [0.25, 0.3) is 5.91 Å². The van der Waals surface area contributed by atoms with Gasteiger partial charge in [0, 0.05) is 23.6 Å². The number of esters is 1. The van der Waals surface area contributed by atoms with E-state index in [4.69, 9.17) is 25.8 Å². The minimum atomic E-state index is -1.15. The predicted octanol–water partition coefficient (Wildman–Crippen LogP) is 2.54. The molecule has 1 aromatic heterocycles. The van der Waals surface area contributed by atoms with Crippen LogP contribution in [0.1, 0.15) is 23.0 Å². The van der Waals surface area contributed by atoms with Gasteiger partial charge in [-0.3, -0.25) is 9.59 Å². The Morgan fingerprint density at radius 2 is 1.85 bits per heavy atom. The Kier molecular flexibility index (Phi) is 6.46. The number of aryl methyl sites for hydroxylation is 1. The SMILES string of the molecule is COc1ccc(NC(=O)C(C)OC(=O)c2c[nH]c(C)c(Cl)c2=O)cc1OC. The Labute approximate surface area is 160 Å². The number of pyridine rings is 1. The Balaban J connectivity index is 2.09. The Morgan fingerprint density at radius 3 is 2.48 bits per heavy atom. The van der Waals surface area contributed by atoms with Crippen LogP contribution in [0, 0.1) is 6.92 Å². The molecule has 1 heterocycles. The van der Waals surface area contributed by atoms with E-state index in [1.54, 1.807) is 25.1 Å². The van der Waals surface area contributed by atoms with Crippen LogP contribution < -0.4 is 20.2 Å². The number of methoxy groups -OCH3 is 2. The highest BCUT2D eigenvalue weighted by atomic mass is 35.5. The van der Waals surface area contributed by atoms with Crippen molar-refractivity contribution in [1.29, 1.82) is 0 Å². The fraction of sp³-hybridized carbons (Fsp3) is 0.278. The molecular formula is C18H19ClN2O6. The normalized spacial score (nSPS) is 11.4. The smallest absolute Gasteiger partial charge is 0.344 e. The van der Waals surface area contributed by atoms with Crippen molar-refractivity contribution in [3.8, 4) is 11.5 Å². The van der Waals surface area contributed by atoms with Crippen molar-refractivity contribution in [2.75, 3.05) is 19.5 Å². The first-order valence-electron chi connectivity index (χ1n) is 7.90. The maximum absolute atomic E-state index is 12.3. The second kappa shape index (κ2) is 8.59. The maximum Gasteiger partial charge on any atom is 0.344 e. The van der Waals surface area contributed by atoms with Gasteiger partial charge in [0.15, 0.2) is 17.6 Å². The van der Waals surface area contributed by atoms with Gasteiger partial charge >= 0.3 is 5.97 Å². The number of carbonyl (C=O) groups excluding carboxylic acids is 2. The number of carbonyl (C=O) groups is 2. The molecule has 1 amide bonds. The van der Waals surface area contributed by atoms with Gasteiger partial charge in [-0.1, -0.05) is 11.6 Å². The number of hydrogen-bond acceptors (Lipinski definition) is 6. The summed E-state index contributed by atoms with van der Waals surface area (Å²) in [7, 11) is 2.97. The minimum Gasteiger partial charge on any atom is -0.493 e. The average molecular weight is 395 g/mol. The monoisotopic (exact) mass is 394 g/mol.